The number of halogens is 6. The first-order chi connectivity index (χ1) is 18.8. The minimum absolute atomic E-state index is 0.0890. The lowest BCUT2D eigenvalue weighted by Gasteiger charge is -2.14. The summed E-state index contributed by atoms with van der Waals surface area (Å²) < 4.78 is 73.1. The van der Waals surface area contributed by atoms with Crippen LogP contribution >= 0.6 is 11.3 Å². The van der Waals surface area contributed by atoms with Crippen LogP contribution in [0.2, 0.25) is 0 Å². The molecule has 0 unspecified atom stereocenters. The molecule has 1 aliphatic rings. The molecule has 1 saturated carbocycles. The summed E-state index contributed by atoms with van der Waals surface area (Å²) in [7, 11) is 0. The molecule has 3 aromatic rings. The van der Waals surface area contributed by atoms with Crippen LogP contribution in [-0.4, -0.2) is 52.6 Å². The molecule has 216 valence electrons. The van der Waals surface area contributed by atoms with Gasteiger partial charge in [-0.2, -0.15) is 18.2 Å². The molecule has 4 N–H and O–H groups in total. The van der Waals surface area contributed by atoms with E-state index in [2.05, 4.69) is 30.7 Å². The van der Waals surface area contributed by atoms with Crippen molar-refractivity contribution in [2.75, 3.05) is 23.7 Å². The number of anilines is 3. The largest absolute Gasteiger partial charge is 0.573 e. The molecular formula is C24H23F6N5O4S. The number of ether oxygens (including phenoxy) is 1. The van der Waals surface area contributed by atoms with Crippen LogP contribution in [0.1, 0.15) is 40.4 Å². The number of carbonyl (C=O) groups is 2. The third kappa shape index (κ3) is 10.2. The first-order valence-electron chi connectivity index (χ1n) is 11.7. The third-order valence-electron chi connectivity index (χ3n) is 5.08. The van der Waals surface area contributed by atoms with Gasteiger partial charge in [-0.05, 0) is 48.8 Å². The molecular weight excluding hydrogens is 568 g/mol. The zero-order valence-electron chi connectivity index (χ0n) is 20.5. The summed E-state index contributed by atoms with van der Waals surface area (Å²) in [6.45, 7) is 1.11. The van der Waals surface area contributed by atoms with Gasteiger partial charge in [-0.1, -0.05) is 12.1 Å². The second-order valence-corrected chi connectivity index (χ2v) is 9.24. The number of carbonyl (C=O) groups excluding carboxylic acids is 1. The van der Waals surface area contributed by atoms with E-state index in [9.17, 15) is 31.1 Å². The molecule has 16 heteroatoms. The van der Waals surface area contributed by atoms with Crippen molar-refractivity contribution in [3.63, 3.8) is 0 Å². The number of nitrogens with one attached hydrogen (secondary N) is 3. The summed E-state index contributed by atoms with van der Waals surface area (Å²) in [4.78, 5) is 30.4. The number of carboxylic acids is 1. The van der Waals surface area contributed by atoms with Crippen molar-refractivity contribution in [3.05, 3.63) is 58.4 Å². The number of nitrogens with zero attached hydrogens (tertiary/aromatic N) is 2. The van der Waals surface area contributed by atoms with Crippen LogP contribution < -0.4 is 20.7 Å². The normalized spacial score (nSPS) is 13.1. The fraction of sp³-hybridized carbons (Fsp3) is 0.333. The molecule has 1 amide bonds. The summed E-state index contributed by atoms with van der Waals surface area (Å²) in [5.41, 5.74) is 1.38. The van der Waals surface area contributed by atoms with Gasteiger partial charge in [0.1, 0.15) is 11.6 Å². The summed E-state index contributed by atoms with van der Waals surface area (Å²) in [5, 5.41) is 18.1. The highest BCUT2D eigenvalue weighted by Gasteiger charge is 2.38. The number of benzene rings is 1. The topological polar surface area (TPSA) is 125 Å². The molecule has 2 heterocycles. The monoisotopic (exact) mass is 591 g/mol. The number of rotatable bonds is 10. The number of hydrogen-bond acceptors (Lipinski definition) is 8. The second kappa shape index (κ2) is 13.3. The van der Waals surface area contributed by atoms with Gasteiger partial charge in [-0.25, -0.2) is 9.78 Å². The molecule has 9 nitrogen and oxygen atoms in total. The van der Waals surface area contributed by atoms with Crippen LogP contribution in [0.15, 0.2) is 48.0 Å². The Bertz CT molecular complexity index is 1280. The maximum absolute atomic E-state index is 12.5. The van der Waals surface area contributed by atoms with Gasteiger partial charge in [0, 0.05) is 36.6 Å². The van der Waals surface area contributed by atoms with Crippen LogP contribution in [0.3, 0.4) is 0 Å². The average Bonchev–Trinajstić information content (AvgIpc) is 3.55. The van der Waals surface area contributed by atoms with Gasteiger partial charge < -0.3 is 25.8 Å². The van der Waals surface area contributed by atoms with Gasteiger partial charge in [0.05, 0.1) is 4.88 Å². The molecule has 0 spiro atoms. The Hall–Kier alpha value is -4.08. The van der Waals surface area contributed by atoms with E-state index < -0.39 is 18.5 Å². The predicted octanol–water partition coefficient (Wildman–Crippen LogP) is 5.92. The van der Waals surface area contributed by atoms with Gasteiger partial charge in [0.2, 0.25) is 5.95 Å². The van der Waals surface area contributed by atoms with E-state index in [1.54, 1.807) is 18.3 Å². The van der Waals surface area contributed by atoms with Gasteiger partial charge in [0.15, 0.2) is 0 Å². The quantitative estimate of drug-likeness (QED) is 0.169. The van der Waals surface area contributed by atoms with Gasteiger partial charge >= 0.3 is 18.5 Å². The number of aliphatic carboxylic acids is 1. The molecule has 40 heavy (non-hydrogen) atoms. The molecule has 0 atom stereocenters. The highest BCUT2D eigenvalue weighted by atomic mass is 32.1. The third-order valence-corrected chi connectivity index (χ3v) is 5.95. The SMILES string of the molecule is O=C(NCCCNc1nc(Nc2cccc(OC(F)(F)F)c2)ncc1C1CC1)c1cccs1.O=C(O)C(F)(F)F. The van der Waals surface area contributed by atoms with E-state index in [4.69, 9.17) is 9.90 Å². The molecule has 2 aromatic heterocycles. The minimum Gasteiger partial charge on any atom is -0.475 e. The van der Waals surface area contributed by atoms with Crippen molar-refractivity contribution in [1.82, 2.24) is 15.3 Å². The van der Waals surface area contributed by atoms with E-state index in [0.717, 1.165) is 18.4 Å². The summed E-state index contributed by atoms with van der Waals surface area (Å²) >= 11 is 1.39. The molecule has 0 aliphatic heterocycles. The van der Waals surface area contributed by atoms with E-state index >= 15 is 0 Å². The minimum atomic E-state index is -5.08. The average molecular weight is 592 g/mol. The summed E-state index contributed by atoms with van der Waals surface area (Å²) in [6.07, 6.45) is -5.27. The Labute approximate surface area is 227 Å². The number of alkyl halides is 6. The van der Waals surface area contributed by atoms with Gasteiger partial charge in [-0.15, -0.1) is 24.5 Å². The fourth-order valence-electron chi connectivity index (χ4n) is 3.18. The molecule has 1 fully saturated rings. The van der Waals surface area contributed by atoms with Crippen molar-refractivity contribution in [2.45, 2.75) is 37.7 Å². The van der Waals surface area contributed by atoms with Crippen molar-refractivity contribution >= 4 is 40.7 Å². The number of amides is 1. The molecule has 1 aliphatic carbocycles. The first-order valence-corrected chi connectivity index (χ1v) is 12.6. The predicted molar refractivity (Wildman–Crippen MR) is 134 cm³/mol. The fourth-order valence-corrected chi connectivity index (χ4v) is 3.82. The van der Waals surface area contributed by atoms with Crippen LogP contribution in [0.25, 0.3) is 0 Å². The molecule has 4 rings (SSSR count). The van der Waals surface area contributed by atoms with Crippen molar-refractivity contribution in [2.24, 2.45) is 0 Å². The number of thiophene rings is 1. The maximum atomic E-state index is 12.5. The lowest BCUT2D eigenvalue weighted by molar-refractivity contribution is -0.274. The Kier molecular flexibility index (Phi) is 10.1. The Balaban J connectivity index is 0.000000559. The number of hydrogen-bond donors (Lipinski definition) is 4. The van der Waals surface area contributed by atoms with Crippen LogP contribution in [-0.2, 0) is 4.79 Å². The van der Waals surface area contributed by atoms with E-state index in [1.807, 2.05) is 11.4 Å². The van der Waals surface area contributed by atoms with Crippen LogP contribution in [0.5, 0.6) is 5.75 Å². The van der Waals surface area contributed by atoms with Crippen LogP contribution in [0, 0.1) is 0 Å². The zero-order chi connectivity index (χ0) is 29.3. The molecule has 0 saturated heterocycles. The lowest BCUT2D eigenvalue weighted by Crippen LogP contribution is -2.25. The van der Waals surface area contributed by atoms with E-state index in [-0.39, 0.29) is 17.6 Å². The number of aromatic nitrogens is 2. The Morgan fingerprint density at radius 3 is 2.40 bits per heavy atom. The standard InChI is InChI=1S/C22H22F3N5O2S.C2HF3O2/c23-22(24,25)32-16-5-1-4-15(12-16)29-21-28-13-17(14-7-8-14)19(30-21)26-9-3-10-27-20(31)18-6-2-11-33-18;3-2(4,5)1(6)7/h1-2,4-6,11-14H,3,7-10H2,(H,27,31)(H2,26,28,29,30);(H,6,7). The first kappa shape index (κ1) is 30.5. The highest BCUT2D eigenvalue weighted by molar-refractivity contribution is 7.12. The summed E-state index contributed by atoms with van der Waals surface area (Å²) in [6, 6.07) is 9.12. The molecule has 0 radical (unpaired) electrons. The van der Waals surface area contributed by atoms with E-state index in [0.29, 0.717) is 41.8 Å². The smallest absolute Gasteiger partial charge is 0.475 e. The van der Waals surface area contributed by atoms with Crippen LogP contribution in [0.4, 0.5) is 43.8 Å². The van der Waals surface area contributed by atoms with Crippen molar-refractivity contribution in [1.29, 1.82) is 0 Å². The van der Waals surface area contributed by atoms with Crippen molar-refractivity contribution < 1.29 is 45.8 Å². The summed E-state index contributed by atoms with van der Waals surface area (Å²) in [5.74, 6) is -1.82. The van der Waals surface area contributed by atoms with Gasteiger partial charge in [-0.3, -0.25) is 4.79 Å². The second-order valence-electron chi connectivity index (χ2n) is 8.29. The van der Waals surface area contributed by atoms with Crippen molar-refractivity contribution in [3.8, 4) is 5.75 Å². The molecule has 0 bridgehead atoms. The maximum Gasteiger partial charge on any atom is 0.573 e. The van der Waals surface area contributed by atoms with E-state index in [1.165, 1.54) is 29.5 Å². The Morgan fingerprint density at radius 2 is 1.80 bits per heavy atom. The zero-order valence-corrected chi connectivity index (χ0v) is 21.3. The van der Waals surface area contributed by atoms with Gasteiger partial charge in [0.25, 0.3) is 5.91 Å². The highest BCUT2D eigenvalue weighted by Crippen LogP contribution is 2.42. The lowest BCUT2D eigenvalue weighted by atomic mass is 10.2. The molecule has 1 aromatic carbocycles. The Morgan fingerprint density at radius 1 is 1.07 bits per heavy atom. The number of carboxylic acid groups (broad SMARTS) is 1.